The maximum absolute atomic E-state index is 14.9. The smallest absolute Gasteiger partial charge is 0.407 e. The van der Waals surface area contributed by atoms with Crippen molar-refractivity contribution >= 4 is 35.2 Å². The number of rotatable bonds is 6. The Morgan fingerprint density at radius 3 is 2.54 bits per heavy atom. The topological polar surface area (TPSA) is 97.0 Å². The Balaban J connectivity index is 1.39. The van der Waals surface area contributed by atoms with Gasteiger partial charge in [-0.2, -0.15) is 0 Å². The number of ether oxygens (including phenoxy) is 2. The molecule has 2 aliphatic rings. The molecule has 4 rings (SSSR count). The van der Waals surface area contributed by atoms with Gasteiger partial charge in [0.05, 0.1) is 35.4 Å². The molecule has 2 N–H and O–H groups in total. The van der Waals surface area contributed by atoms with E-state index in [1.807, 2.05) is 11.8 Å². The minimum atomic E-state index is -0.756. The number of hydrogen-bond acceptors (Lipinski definition) is 5. The summed E-state index contributed by atoms with van der Waals surface area (Å²) in [6.45, 7) is 3.44. The quantitative estimate of drug-likeness (QED) is 0.538. The number of amides is 3. The molecule has 0 spiro atoms. The summed E-state index contributed by atoms with van der Waals surface area (Å²) in [5.41, 5.74) is 0.373. The van der Waals surface area contributed by atoms with Gasteiger partial charge in [-0.05, 0) is 49.1 Å². The van der Waals surface area contributed by atoms with Crippen molar-refractivity contribution in [1.29, 1.82) is 0 Å². The number of anilines is 1. The van der Waals surface area contributed by atoms with Crippen LogP contribution in [0.1, 0.15) is 54.6 Å². The summed E-state index contributed by atoms with van der Waals surface area (Å²) in [6.07, 6.45) is 1.54. The van der Waals surface area contributed by atoms with Gasteiger partial charge < -0.3 is 25.0 Å². The lowest BCUT2D eigenvalue weighted by Gasteiger charge is -2.32. The average Bonchev–Trinajstić information content (AvgIpc) is 2.89. The molecule has 0 saturated carbocycles. The lowest BCUT2D eigenvalue weighted by Crippen LogP contribution is -2.40. The number of nitrogens with zero attached hydrogens (tertiary/aromatic N) is 1. The van der Waals surface area contributed by atoms with Gasteiger partial charge in [0.15, 0.2) is 0 Å². The molecule has 0 aromatic heterocycles. The maximum Gasteiger partial charge on any atom is 0.407 e. The van der Waals surface area contributed by atoms with Crippen molar-refractivity contribution in [2.75, 3.05) is 31.6 Å². The Labute approximate surface area is 218 Å². The normalized spacial score (nSPS) is 17.4. The second-order valence-electron chi connectivity index (χ2n) is 9.03. The molecule has 0 aliphatic carbocycles. The summed E-state index contributed by atoms with van der Waals surface area (Å²) in [7, 11) is 0. The second-order valence-corrected chi connectivity index (χ2v) is 9.44. The van der Waals surface area contributed by atoms with Gasteiger partial charge in [-0.25, -0.2) is 13.6 Å². The molecule has 11 heteroatoms. The van der Waals surface area contributed by atoms with Crippen LogP contribution in [0.5, 0.6) is 5.75 Å². The molecule has 2 heterocycles. The van der Waals surface area contributed by atoms with Crippen LogP contribution in [0.2, 0.25) is 5.02 Å². The molecule has 0 unspecified atom stereocenters. The lowest BCUT2D eigenvalue weighted by molar-refractivity contribution is -0.132. The zero-order valence-corrected chi connectivity index (χ0v) is 21.1. The number of piperidine rings is 1. The Morgan fingerprint density at radius 1 is 1.11 bits per heavy atom. The maximum atomic E-state index is 14.9. The van der Waals surface area contributed by atoms with E-state index in [1.165, 1.54) is 18.2 Å². The highest BCUT2D eigenvalue weighted by Crippen LogP contribution is 2.37. The molecule has 3 amide bonds. The fourth-order valence-corrected chi connectivity index (χ4v) is 4.70. The largest absolute Gasteiger partial charge is 0.492 e. The van der Waals surface area contributed by atoms with E-state index in [2.05, 4.69) is 10.6 Å². The summed E-state index contributed by atoms with van der Waals surface area (Å²) in [5, 5.41) is 5.12. The van der Waals surface area contributed by atoms with Gasteiger partial charge in [-0.15, -0.1) is 0 Å². The first-order valence-electron chi connectivity index (χ1n) is 12.2. The molecule has 2 aliphatic heterocycles. The van der Waals surface area contributed by atoms with Gasteiger partial charge >= 0.3 is 6.09 Å². The molecule has 37 heavy (non-hydrogen) atoms. The van der Waals surface area contributed by atoms with Gasteiger partial charge in [0.1, 0.15) is 17.4 Å². The van der Waals surface area contributed by atoms with Crippen LogP contribution in [0.3, 0.4) is 0 Å². The number of fused-ring (bicyclic) bond motifs is 1. The number of alkyl carbamates (subject to hydrolysis) is 1. The molecule has 0 radical (unpaired) electrons. The predicted octanol–water partition coefficient (Wildman–Crippen LogP) is 5.07. The van der Waals surface area contributed by atoms with Gasteiger partial charge in [0.2, 0.25) is 5.91 Å². The standard InChI is InChI=1S/C26H28ClF2N3O5/c1-2-22(33)32-10-7-15(8-11-32)14-37-26(35)31-21-9-12-36-24-17(4-6-20(29)23(21)24)25(34)30-16-3-5-19(28)18(27)13-16/h3-6,13,15,21H,2,7-12,14H2,1H3,(H,30,34)(H,31,35)/t21-/m0/s1. The van der Waals surface area contributed by atoms with Crippen molar-refractivity contribution in [3.63, 3.8) is 0 Å². The average molecular weight is 536 g/mol. The van der Waals surface area contributed by atoms with Crippen LogP contribution in [0.25, 0.3) is 0 Å². The molecule has 8 nitrogen and oxygen atoms in total. The van der Waals surface area contributed by atoms with E-state index in [0.29, 0.717) is 19.5 Å². The van der Waals surface area contributed by atoms with E-state index in [4.69, 9.17) is 21.1 Å². The van der Waals surface area contributed by atoms with Crippen LogP contribution < -0.4 is 15.4 Å². The first kappa shape index (κ1) is 26.7. The summed E-state index contributed by atoms with van der Waals surface area (Å²) in [5.74, 6) is -1.58. The zero-order valence-electron chi connectivity index (χ0n) is 20.3. The van der Waals surface area contributed by atoms with Crippen molar-refractivity contribution in [2.24, 2.45) is 5.92 Å². The van der Waals surface area contributed by atoms with Crippen LogP contribution in [-0.2, 0) is 9.53 Å². The molecule has 198 valence electrons. The van der Waals surface area contributed by atoms with Crippen molar-refractivity contribution in [2.45, 2.75) is 38.6 Å². The van der Waals surface area contributed by atoms with Crippen LogP contribution in [0.15, 0.2) is 30.3 Å². The Hall–Kier alpha value is -3.40. The second kappa shape index (κ2) is 11.8. The van der Waals surface area contributed by atoms with E-state index in [0.717, 1.165) is 25.0 Å². The zero-order chi connectivity index (χ0) is 26.5. The van der Waals surface area contributed by atoms with Crippen molar-refractivity contribution < 1.29 is 32.6 Å². The fourth-order valence-electron chi connectivity index (χ4n) is 4.52. The van der Waals surface area contributed by atoms with Gasteiger partial charge in [-0.1, -0.05) is 18.5 Å². The van der Waals surface area contributed by atoms with E-state index in [9.17, 15) is 23.2 Å². The van der Waals surface area contributed by atoms with E-state index >= 15 is 0 Å². The lowest BCUT2D eigenvalue weighted by atomic mass is 9.96. The Bertz CT molecular complexity index is 1190. The number of hydrogen-bond donors (Lipinski definition) is 2. The third-order valence-electron chi connectivity index (χ3n) is 6.58. The number of halogens is 3. The molecular formula is C26H28ClF2N3O5. The van der Waals surface area contributed by atoms with Gasteiger partial charge in [-0.3, -0.25) is 9.59 Å². The number of likely N-dealkylation sites (tertiary alicyclic amines) is 1. The van der Waals surface area contributed by atoms with E-state index in [-0.39, 0.29) is 59.0 Å². The van der Waals surface area contributed by atoms with Gasteiger partial charge in [0, 0.05) is 31.6 Å². The third kappa shape index (κ3) is 6.30. The fraction of sp³-hybridized carbons (Fsp3) is 0.423. The number of carbonyl (C=O) groups is 3. The first-order valence-corrected chi connectivity index (χ1v) is 12.6. The summed E-state index contributed by atoms with van der Waals surface area (Å²) < 4.78 is 39.3. The van der Waals surface area contributed by atoms with E-state index < -0.39 is 29.7 Å². The molecular weight excluding hydrogens is 508 g/mol. The van der Waals surface area contributed by atoms with Crippen molar-refractivity contribution in [3.05, 3.63) is 58.1 Å². The molecule has 1 fully saturated rings. The minimum Gasteiger partial charge on any atom is -0.492 e. The summed E-state index contributed by atoms with van der Waals surface area (Å²) in [6, 6.07) is 5.39. The summed E-state index contributed by atoms with van der Waals surface area (Å²) >= 11 is 5.78. The predicted molar refractivity (Wildman–Crippen MR) is 133 cm³/mol. The number of carbonyl (C=O) groups excluding carboxylic acids is 3. The molecule has 2 aromatic rings. The SMILES string of the molecule is CCC(=O)N1CCC(COC(=O)N[C@H]2CCOc3c(C(=O)Nc4ccc(F)c(Cl)c4)ccc(F)c32)CC1. The first-order chi connectivity index (χ1) is 17.8. The van der Waals surface area contributed by atoms with Crippen LogP contribution in [0, 0.1) is 17.6 Å². The van der Waals surface area contributed by atoms with Crippen molar-refractivity contribution in [1.82, 2.24) is 10.2 Å². The van der Waals surface area contributed by atoms with E-state index in [1.54, 1.807) is 0 Å². The van der Waals surface area contributed by atoms with Gasteiger partial charge in [0.25, 0.3) is 5.91 Å². The van der Waals surface area contributed by atoms with Crippen molar-refractivity contribution in [3.8, 4) is 5.75 Å². The molecule has 1 atom stereocenters. The number of benzene rings is 2. The minimum absolute atomic E-state index is 0.0234. The highest BCUT2D eigenvalue weighted by Gasteiger charge is 2.31. The highest BCUT2D eigenvalue weighted by molar-refractivity contribution is 6.31. The molecule has 2 aromatic carbocycles. The molecule has 0 bridgehead atoms. The highest BCUT2D eigenvalue weighted by atomic mass is 35.5. The number of nitrogens with one attached hydrogen (secondary N) is 2. The monoisotopic (exact) mass is 535 g/mol. The summed E-state index contributed by atoms with van der Waals surface area (Å²) in [4.78, 5) is 39.1. The third-order valence-corrected chi connectivity index (χ3v) is 6.87. The van der Waals surface area contributed by atoms with Crippen LogP contribution in [0.4, 0.5) is 19.3 Å². The Morgan fingerprint density at radius 2 is 1.84 bits per heavy atom. The van der Waals surface area contributed by atoms with Crippen LogP contribution >= 0.6 is 11.6 Å². The molecule has 1 saturated heterocycles. The Kier molecular flexibility index (Phi) is 8.48. The van der Waals surface area contributed by atoms with Crippen LogP contribution in [-0.4, -0.2) is 49.1 Å².